The van der Waals surface area contributed by atoms with Gasteiger partial charge >= 0.3 is 5.97 Å². The number of aromatic nitrogens is 2. The Morgan fingerprint density at radius 2 is 1.71 bits per heavy atom. The summed E-state index contributed by atoms with van der Waals surface area (Å²) in [6.45, 7) is 2.54. The number of piperidine rings is 1. The van der Waals surface area contributed by atoms with Crippen LogP contribution in [-0.2, 0) is 26.1 Å². The van der Waals surface area contributed by atoms with E-state index in [-0.39, 0.29) is 34.9 Å². The van der Waals surface area contributed by atoms with Crippen LogP contribution in [0, 0.1) is 6.92 Å². The van der Waals surface area contributed by atoms with Gasteiger partial charge in [-0.3, -0.25) is 14.2 Å². The molecule has 5 rings (SSSR count). The van der Waals surface area contributed by atoms with Gasteiger partial charge in [-0.25, -0.2) is 18.2 Å². The molecule has 4 aromatic rings. The maximum absolute atomic E-state index is 13.2. The van der Waals surface area contributed by atoms with Crippen molar-refractivity contribution in [3.05, 3.63) is 81.7 Å². The van der Waals surface area contributed by atoms with Crippen LogP contribution in [0.3, 0.4) is 0 Å². The highest BCUT2D eigenvalue weighted by atomic mass is 32.2. The van der Waals surface area contributed by atoms with E-state index in [1.807, 2.05) is 18.2 Å². The van der Waals surface area contributed by atoms with E-state index in [0.29, 0.717) is 34.9 Å². The first-order valence-corrected chi connectivity index (χ1v) is 15.7. The molecule has 42 heavy (non-hydrogen) atoms. The predicted molar refractivity (Wildman–Crippen MR) is 159 cm³/mol. The van der Waals surface area contributed by atoms with Gasteiger partial charge in [0.05, 0.1) is 16.6 Å². The fourth-order valence-electron chi connectivity index (χ4n) is 4.66. The summed E-state index contributed by atoms with van der Waals surface area (Å²) in [5, 5.41) is 2.93. The lowest BCUT2D eigenvalue weighted by molar-refractivity contribution is -0.116. The zero-order chi connectivity index (χ0) is 29.7. The first-order chi connectivity index (χ1) is 20.2. The third-order valence-electron chi connectivity index (χ3n) is 6.84. The molecule has 0 bridgehead atoms. The number of benzene rings is 2. The molecule has 220 valence electrons. The standard InChI is InChI=1S/C29H30N4O7S2/c1-20-25-27(41-26(20)29(36)40-17-16-39-22-8-4-2-5-9-22)30-19-32(28(25)35)18-24(34)31-21-10-12-23(13-11-21)42(37,38)33-14-6-3-7-15-33/h2,4-5,8-13,19H,3,6-7,14-18H2,1H3,(H,31,34). The summed E-state index contributed by atoms with van der Waals surface area (Å²) in [6, 6.07) is 15.1. The number of anilines is 1. The highest BCUT2D eigenvalue weighted by Crippen LogP contribution is 2.27. The van der Waals surface area contributed by atoms with Crippen molar-refractivity contribution in [3.63, 3.8) is 0 Å². The number of hydrogen-bond acceptors (Lipinski definition) is 9. The van der Waals surface area contributed by atoms with E-state index in [0.717, 1.165) is 35.2 Å². The van der Waals surface area contributed by atoms with Crippen molar-refractivity contribution in [3.8, 4) is 5.75 Å². The maximum Gasteiger partial charge on any atom is 0.348 e. The van der Waals surface area contributed by atoms with Crippen LogP contribution in [0.15, 0.2) is 70.6 Å². The molecule has 1 N–H and O–H groups in total. The number of ether oxygens (including phenoxy) is 2. The number of fused-ring (bicyclic) bond motifs is 1. The van der Waals surface area contributed by atoms with E-state index in [1.165, 1.54) is 34.9 Å². The van der Waals surface area contributed by atoms with Gasteiger partial charge in [0.25, 0.3) is 5.56 Å². The molecule has 1 aliphatic heterocycles. The van der Waals surface area contributed by atoms with Crippen LogP contribution in [0.2, 0.25) is 0 Å². The van der Waals surface area contributed by atoms with Crippen LogP contribution in [0.1, 0.15) is 34.5 Å². The maximum atomic E-state index is 13.2. The Labute approximate surface area is 246 Å². The number of esters is 1. The second-order valence-electron chi connectivity index (χ2n) is 9.75. The number of nitrogens with zero attached hydrogens (tertiary/aromatic N) is 3. The van der Waals surface area contributed by atoms with Gasteiger partial charge in [-0.05, 0) is 61.7 Å². The molecule has 0 saturated carbocycles. The lowest BCUT2D eigenvalue weighted by atomic mass is 10.2. The molecule has 1 aliphatic rings. The molecule has 0 spiro atoms. The number of aryl methyl sites for hydroxylation is 1. The summed E-state index contributed by atoms with van der Waals surface area (Å²) >= 11 is 1.05. The second kappa shape index (κ2) is 12.8. The lowest BCUT2D eigenvalue weighted by Gasteiger charge is -2.25. The minimum Gasteiger partial charge on any atom is -0.490 e. The van der Waals surface area contributed by atoms with Crippen LogP contribution in [0.5, 0.6) is 5.75 Å². The molecule has 3 heterocycles. The molecule has 1 fully saturated rings. The van der Waals surface area contributed by atoms with Crippen LogP contribution in [-0.4, -0.2) is 60.5 Å². The molecule has 1 amide bonds. The lowest BCUT2D eigenvalue weighted by Crippen LogP contribution is -2.35. The summed E-state index contributed by atoms with van der Waals surface area (Å²) in [5.41, 5.74) is 0.368. The number of amides is 1. The Kier molecular flexibility index (Phi) is 9.00. The molecule has 2 aromatic carbocycles. The van der Waals surface area contributed by atoms with Crippen molar-refractivity contribution in [1.29, 1.82) is 0 Å². The van der Waals surface area contributed by atoms with Crippen molar-refractivity contribution in [2.75, 3.05) is 31.6 Å². The van der Waals surface area contributed by atoms with E-state index in [2.05, 4.69) is 10.3 Å². The summed E-state index contributed by atoms with van der Waals surface area (Å²) in [7, 11) is -3.58. The monoisotopic (exact) mass is 610 g/mol. The third-order valence-corrected chi connectivity index (χ3v) is 9.93. The molecule has 11 nitrogen and oxygen atoms in total. The van der Waals surface area contributed by atoms with Crippen LogP contribution in [0.25, 0.3) is 10.2 Å². The van der Waals surface area contributed by atoms with E-state index in [1.54, 1.807) is 19.1 Å². The van der Waals surface area contributed by atoms with Crippen molar-refractivity contribution < 1.29 is 27.5 Å². The van der Waals surface area contributed by atoms with Crippen molar-refractivity contribution in [2.24, 2.45) is 0 Å². The van der Waals surface area contributed by atoms with Crippen LogP contribution in [0.4, 0.5) is 5.69 Å². The number of rotatable bonds is 10. The van der Waals surface area contributed by atoms with Gasteiger partial charge < -0.3 is 14.8 Å². The van der Waals surface area contributed by atoms with Crippen molar-refractivity contribution in [2.45, 2.75) is 37.6 Å². The van der Waals surface area contributed by atoms with Gasteiger partial charge in [0.15, 0.2) is 0 Å². The molecule has 13 heteroatoms. The topological polar surface area (TPSA) is 137 Å². The quantitative estimate of drug-likeness (QED) is 0.211. The molecule has 0 unspecified atom stereocenters. The highest BCUT2D eigenvalue weighted by molar-refractivity contribution is 7.89. The fourth-order valence-corrected chi connectivity index (χ4v) is 7.21. The van der Waals surface area contributed by atoms with Gasteiger partial charge in [-0.15, -0.1) is 11.3 Å². The fraction of sp³-hybridized carbons (Fsp3) is 0.310. The second-order valence-corrected chi connectivity index (χ2v) is 12.7. The molecule has 2 aromatic heterocycles. The van der Waals surface area contributed by atoms with E-state index >= 15 is 0 Å². The van der Waals surface area contributed by atoms with Crippen LogP contribution >= 0.6 is 11.3 Å². The van der Waals surface area contributed by atoms with Crippen molar-refractivity contribution in [1.82, 2.24) is 13.9 Å². The highest BCUT2D eigenvalue weighted by Gasteiger charge is 2.26. The molecular weight excluding hydrogens is 580 g/mol. The normalized spacial score (nSPS) is 14.0. The Bertz CT molecular complexity index is 1740. The average Bonchev–Trinajstić information content (AvgIpc) is 3.34. The van der Waals surface area contributed by atoms with E-state index < -0.39 is 27.5 Å². The Hall–Kier alpha value is -4.07. The number of carbonyl (C=O) groups excluding carboxylic acids is 2. The van der Waals surface area contributed by atoms with Crippen molar-refractivity contribution >= 4 is 49.1 Å². The van der Waals surface area contributed by atoms with Gasteiger partial charge in [0, 0.05) is 18.8 Å². The number of sulfonamides is 1. The first-order valence-electron chi connectivity index (χ1n) is 13.5. The van der Waals surface area contributed by atoms with Gasteiger partial charge in [0.1, 0.15) is 35.2 Å². The minimum absolute atomic E-state index is 0.0322. The Morgan fingerprint density at radius 3 is 2.43 bits per heavy atom. The molecule has 0 atom stereocenters. The predicted octanol–water partition coefficient (Wildman–Crippen LogP) is 3.82. The van der Waals surface area contributed by atoms with Gasteiger partial charge in [0.2, 0.25) is 15.9 Å². The third kappa shape index (κ3) is 6.53. The number of carbonyl (C=O) groups is 2. The van der Waals surface area contributed by atoms with Gasteiger partial charge in [-0.1, -0.05) is 24.6 Å². The number of thiophene rings is 1. The zero-order valence-electron chi connectivity index (χ0n) is 22.9. The van der Waals surface area contributed by atoms with E-state index in [4.69, 9.17) is 9.47 Å². The van der Waals surface area contributed by atoms with Gasteiger partial charge in [-0.2, -0.15) is 4.31 Å². The van der Waals surface area contributed by atoms with E-state index in [9.17, 15) is 22.8 Å². The Morgan fingerprint density at radius 1 is 1.00 bits per heavy atom. The minimum atomic E-state index is -3.58. The number of hydrogen-bond donors (Lipinski definition) is 1. The zero-order valence-corrected chi connectivity index (χ0v) is 24.6. The first kappa shape index (κ1) is 29.4. The smallest absolute Gasteiger partial charge is 0.348 e. The Balaban J connectivity index is 1.21. The van der Waals surface area contributed by atoms with Crippen LogP contribution < -0.4 is 15.6 Å². The molecule has 0 aliphatic carbocycles. The summed E-state index contributed by atoms with van der Waals surface area (Å²) in [6.07, 6.45) is 3.97. The summed E-state index contributed by atoms with van der Waals surface area (Å²) in [4.78, 5) is 43.7. The SMILES string of the molecule is Cc1c(C(=O)OCCOc2ccccc2)sc2ncn(CC(=O)Nc3ccc(S(=O)(=O)N4CCCCC4)cc3)c(=O)c12. The molecular formula is C29H30N4O7S2. The molecule has 0 radical (unpaired) electrons. The summed E-state index contributed by atoms with van der Waals surface area (Å²) < 4.78 is 39.2. The molecule has 1 saturated heterocycles. The number of para-hydroxylation sites is 1. The average molecular weight is 611 g/mol. The largest absolute Gasteiger partial charge is 0.490 e. The number of nitrogens with one attached hydrogen (secondary N) is 1. The summed E-state index contributed by atoms with van der Waals surface area (Å²) in [5.74, 6) is -0.407.